The number of hydrogen-bond acceptors (Lipinski definition) is 11. The Balaban J connectivity index is 0. The van der Waals surface area contributed by atoms with E-state index in [0.29, 0.717) is 73.8 Å². The SMILES string of the molecule is Nc1ccc([C@H]2C[C@@H]2C(=O)O)cn1.[2H]c1c(CN)oc2c(-c3ccc(F)cc3)cc(-c3ccc(C(=O)N4CC(F)C4)cc3)cc12.[2H]c1c(CNC(=O)[C@H]2C[C@@H]2c2ccc(N)nc2)oc2c(-c3ccc(F)cc3)cc(-c3ccc(C(=O)N4CC(F)C4)cc3)cc12.[K][K].[K][K].[K][K].[K][K].[K][K].[K][K].[K][K].[K][K].[K][K].[K][K].[K][K].[K][K].[K][K]. The van der Waals surface area contributed by atoms with Gasteiger partial charge in [0, 0.05) is 51.3 Å². The van der Waals surface area contributed by atoms with Crippen molar-refractivity contribution in [1.29, 1.82) is 0 Å². The molecule has 4 aliphatic rings. The van der Waals surface area contributed by atoms with E-state index in [1.807, 2.05) is 60.7 Å². The summed E-state index contributed by atoms with van der Waals surface area (Å²) in [6.07, 6.45) is 2.87. The Labute approximate surface area is 1260 Å². The van der Waals surface area contributed by atoms with Crippen LogP contribution in [-0.4, -0.2) is 908 Å². The molecule has 2 saturated heterocycles. The number of furan rings is 2. The molecule has 0 unspecified atom stereocenters. The minimum atomic E-state index is -0.972. The molecule has 0 bridgehead atoms. The molecule has 0 spiro atoms. The Morgan fingerprint density at radius 1 is 0.451 bits per heavy atom. The maximum atomic E-state index is 13.8. The molecule has 2 saturated carbocycles. The van der Waals surface area contributed by atoms with Crippen molar-refractivity contribution in [3.05, 3.63) is 215 Å². The number of likely N-dealkylation sites (tertiary alicyclic amines) is 2. The first-order chi connectivity index (χ1) is 55.9. The zero-order valence-corrected chi connectivity index (χ0v) is 154. The van der Waals surface area contributed by atoms with Crippen LogP contribution in [0.15, 0.2) is 179 Å². The average molecular weight is 2190 g/mol. The molecule has 4 fully saturated rings. The molecule has 8 N–H and O–H groups in total. The molecule has 113 heavy (non-hydrogen) atoms. The van der Waals surface area contributed by atoms with Gasteiger partial charge in [-0.1, -0.05) is 60.7 Å². The molecule has 4 atom stereocenters. The normalized spacial score (nSPS) is 14.8. The minimum absolute atomic E-state index is 0.0425. The van der Waals surface area contributed by atoms with Crippen LogP contribution >= 0.6 is 0 Å². The number of pyridine rings is 2. The van der Waals surface area contributed by atoms with Crippen LogP contribution in [0, 0.1) is 23.5 Å². The van der Waals surface area contributed by atoms with Crippen molar-refractivity contribution < 1.29 is 53.4 Å². The summed E-state index contributed by atoms with van der Waals surface area (Å²) in [5.41, 5.74) is 26.8. The summed E-state index contributed by atoms with van der Waals surface area (Å²) >= 11 is 32.5. The molecule has 466 valence electrons. The number of nitrogens with one attached hydrogen (secondary N) is 1. The zero-order valence-electron chi connectivity index (χ0n) is 74.6. The third kappa shape index (κ3) is 58.7. The molecule has 2 aliphatic heterocycles. The molecule has 3 amide bonds. The number of nitrogen functional groups attached to an aromatic ring is 2. The number of anilines is 2. The monoisotopic (exact) mass is 2190 g/mol. The van der Waals surface area contributed by atoms with Gasteiger partial charge in [0.2, 0.25) is 5.91 Å². The Hall–Kier alpha value is 32.4. The fourth-order valence-corrected chi connectivity index (χ4v) is 10.9. The average Bonchev–Trinajstić information content (AvgIpc) is 1.67. The van der Waals surface area contributed by atoms with Gasteiger partial charge in [-0.15, -0.1) is 0 Å². The van der Waals surface area contributed by atoms with Crippen LogP contribution in [0.4, 0.5) is 29.2 Å². The molecule has 10 aromatic rings. The van der Waals surface area contributed by atoms with Crippen molar-refractivity contribution in [2.45, 2.75) is 50.1 Å². The standard InChI is InChI=1S/C34H28F2N4O3.C25H20F2N2O2.C9H10N2O2.26K/c35-25-8-5-20(6-9-25)29-13-23(19-1-3-21(4-2-19)34(42)40-17-26(36)18-40)11-24-12-27(43-32(24)29)16-39-33(41)30-14-28(30)22-7-10-31(37)38-15-22;26-20-7-5-16(6-8-20)23-11-18(9-19-10-22(12-28)31-24(19)23)15-1-3-17(4-2-15)25(30)29-13-21(27)14-29;10-8-2-1-5(4-11-8)6-3-7(6)9(12)13;;;;;;;;;;;;;;;;;;;;;;;;;;/h1-13,15,26,28,30H,14,16-18H2,(H2,37,38)(H,39,41);1-11,21H,12-14,28H2;1-2,4,6-7H,3H2,(H2,10,11)(H,12,13);;;;;;;;;;;;;;;;;;;;;;;;;;/t28-,30+;;6-,7+;;;;;;;;;;;;;;;;;;;;;;;;;;/m1.1........................../s1/i12D;10D;;;;;;;;;;;;;;;;;;;;;;;;;;;. The van der Waals surface area contributed by atoms with Gasteiger partial charge in [0.05, 0.1) is 47.9 Å². The number of carboxylic acid groups (broad SMARTS) is 1. The molecule has 15 nitrogen and oxygen atoms in total. The summed E-state index contributed by atoms with van der Waals surface area (Å²) in [5, 5.41) is 12.8. The van der Waals surface area contributed by atoms with Crippen LogP contribution in [0.3, 0.4) is 0 Å². The molecule has 45 heteroatoms. The van der Waals surface area contributed by atoms with Gasteiger partial charge >= 0.3 is 827 Å². The van der Waals surface area contributed by atoms with E-state index in [1.165, 1.54) is 855 Å². The zero-order chi connectivity index (χ0) is 88.4. The van der Waals surface area contributed by atoms with Crippen LogP contribution in [0.2, 0.25) is 0 Å². The predicted molar refractivity (Wildman–Crippen MR) is 472 cm³/mol. The summed E-state index contributed by atoms with van der Waals surface area (Å²) in [4.78, 5) is 59.5. The topological polar surface area (TPSA) is 237 Å². The first-order valence-corrected chi connectivity index (χ1v) is 249. The Kier molecular flexibility index (Phi) is 123. The second-order valence-corrected chi connectivity index (χ2v) is 22.1. The van der Waals surface area contributed by atoms with Gasteiger partial charge in [-0.2, -0.15) is 0 Å². The van der Waals surface area contributed by atoms with Crippen molar-refractivity contribution in [3.8, 4) is 44.5 Å². The van der Waals surface area contributed by atoms with E-state index >= 15 is 0 Å². The van der Waals surface area contributed by atoms with E-state index in [9.17, 15) is 36.7 Å². The second-order valence-electron chi connectivity index (χ2n) is 22.1. The number of aliphatic carboxylic acids is 1. The van der Waals surface area contributed by atoms with Crippen molar-refractivity contribution in [2.75, 3.05) is 37.6 Å². The molecular formula is C68H58F4K26N8O7. The van der Waals surface area contributed by atoms with Crippen molar-refractivity contribution in [2.24, 2.45) is 17.6 Å². The van der Waals surface area contributed by atoms with Crippen LogP contribution in [0.5, 0.6) is 0 Å². The number of hydrogen-bond donors (Lipinski definition) is 5. The Bertz CT molecular complexity index is 4400. The number of fused-ring (bicyclic) bond motifs is 2. The first-order valence-electron chi connectivity index (χ1n) is 42.2. The number of carboxylic acids is 1. The number of carbonyl (C=O) groups excluding carboxylic acids is 3. The maximum absolute atomic E-state index is 13.8. The summed E-state index contributed by atoms with van der Waals surface area (Å²) in [7, 11) is 0. The second kappa shape index (κ2) is 96.5. The van der Waals surface area contributed by atoms with Gasteiger partial charge in [-0.25, -0.2) is 27.5 Å². The van der Waals surface area contributed by atoms with Gasteiger partial charge < -0.3 is 46.3 Å². The third-order valence-corrected chi connectivity index (χ3v) is 16.0. The van der Waals surface area contributed by atoms with Crippen molar-refractivity contribution in [1.82, 2.24) is 25.1 Å². The van der Waals surface area contributed by atoms with E-state index in [4.69, 9.17) is 33.9 Å². The summed E-state index contributed by atoms with van der Waals surface area (Å²) in [6.45, 7) is 0.618. The van der Waals surface area contributed by atoms with Gasteiger partial charge in [-0.05, 0) is 166 Å². The van der Waals surface area contributed by atoms with E-state index in [2.05, 4.69) is 15.3 Å². The molecule has 0 radical (unpaired) electrons. The summed E-state index contributed by atoms with van der Waals surface area (Å²) < 4.78 is 83.0. The first kappa shape index (κ1) is 143. The summed E-state index contributed by atoms with van der Waals surface area (Å²) in [5.74, 6) is -0.567. The van der Waals surface area contributed by atoms with Gasteiger partial charge in [0.15, 0.2) is 0 Å². The van der Waals surface area contributed by atoms with Crippen LogP contribution in [0.1, 0.15) is 70.8 Å². The molecule has 6 heterocycles. The van der Waals surface area contributed by atoms with Gasteiger partial charge in [-0.3, -0.25) is 19.2 Å². The molecule has 6 aromatic carbocycles. The Morgan fingerprint density at radius 2 is 0.770 bits per heavy atom. The van der Waals surface area contributed by atoms with Crippen molar-refractivity contribution in [3.63, 3.8) is 0 Å². The molecule has 2 aliphatic carbocycles. The quantitative estimate of drug-likeness (QED) is 0.0826. The van der Waals surface area contributed by atoms with Crippen molar-refractivity contribution >= 4 is 878 Å². The van der Waals surface area contributed by atoms with E-state index < -0.39 is 18.3 Å². The fourth-order valence-electron chi connectivity index (χ4n) is 10.9. The Morgan fingerprint density at radius 3 is 1.08 bits per heavy atom. The number of alkyl halides is 2. The third-order valence-electron chi connectivity index (χ3n) is 16.0. The number of aromatic nitrogens is 2. The number of halogens is 4. The number of carbonyl (C=O) groups is 4. The number of nitrogens with zero attached hydrogens (tertiary/aromatic N) is 4. The van der Waals surface area contributed by atoms with Crippen LogP contribution in [-0.2, 0) is 22.7 Å². The predicted octanol–water partition coefficient (Wildman–Crippen LogP) is 2.21. The molecule has 14 rings (SSSR count). The number of nitrogens with two attached hydrogens (primary N) is 3. The summed E-state index contributed by atoms with van der Waals surface area (Å²) in [6, 6.07) is 41.2. The van der Waals surface area contributed by atoms with E-state index in [0.717, 1.165) is 50.9 Å². The van der Waals surface area contributed by atoms with Gasteiger partial charge in [0.25, 0.3) is 11.8 Å². The fraction of sp³-hybridized carbons (Fsp3) is 0.206. The molecular weight excluding hydrogens is 2130 g/mol. The van der Waals surface area contributed by atoms with E-state index in [1.54, 1.807) is 73.1 Å². The van der Waals surface area contributed by atoms with Crippen LogP contribution in [0.25, 0.3) is 66.4 Å². The molecule has 4 aromatic heterocycles. The van der Waals surface area contributed by atoms with E-state index in [-0.39, 0.29) is 104 Å². The van der Waals surface area contributed by atoms with Crippen LogP contribution < -0.4 is 22.5 Å². The number of amides is 3. The number of rotatable bonds is 13. The number of benzene rings is 6. The van der Waals surface area contributed by atoms with Gasteiger partial charge in [0.1, 0.15) is 58.3 Å².